The minimum atomic E-state index is 0.0221. The molecule has 2 unspecified atom stereocenters. The Balaban J connectivity index is 1.85. The minimum absolute atomic E-state index is 0.0221. The molecule has 124 valence electrons. The van der Waals surface area contributed by atoms with Gasteiger partial charge in [0.05, 0.1) is 11.3 Å². The Morgan fingerprint density at radius 2 is 2.04 bits per heavy atom. The molecule has 0 amide bonds. The topological polar surface area (TPSA) is 56.1 Å². The van der Waals surface area contributed by atoms with Gasteiger partial charge < -0.3 is 10.2 Å². The first-order chi connectivity index (χ1) is 11.0. The molecule has 1 aromatic carbocycles. The number of carbonyl (C=O) groups is 1. The van der Waals surface area contributed by atoms with E-state index >= 15 is 0 Å². The lowest BCUT2D eigenvalue weighted by molar-refractivity contribution is 0.101. The maximum Gasteiger partial charge on any atom is 0.159 e. The number of anilines is 1. The van der Waals surface area contributed by atoms with Crippen LogP contribution in [0.5, 0.6) is 0 Å². The molecule has 0 bridgehead atoms. The van der Waals surface area contributed by atoms with Crippen molar-refractivity contribution in [3.8, 4) is 6.07 Å². The number of nitriles is 1. The lowest BCUT2D eigenvalue weighted by Gasteiger charge is -2.35. The van der Waals surface area contributed by atoms with Crippen LogP contribution in [0, 0.1) is 23.2 Å². The van der Waals surface area contributed by atoms with Gasteiger partial charge in [-0.25, -0.2) is 0 Å². The number of nitrogens with zero attached hydrogens (tertiary/aromatic N) is 2. The molecule has 0 saturated carbocycles. The number of likely N-dealkylation sites (tertiary alicyclic amines) is 1. The minimum Gasteiger partial charge on any atom is -0.384 e. The van der Waals surface area contributed by atoms with E-state index in [1.165, 1.54) is 19.5 Å². The van der Waals surface area contributed by atoms with Crippen LogP contribution in [0.15, 0.2) is 18.2 Å². The molecule has 0 radical (unpaired) electrons. The van der Waals surface area contributed by atoms with Gasteiger partial charge in [0.25, 0.3) is 0 Å². The molecular formula is C19H27N3O. The summed E-state index contributed by atoms with van der Waals surface area (Å²) in [5, 5.41) is 12.5. The highest BCUT2D eigenvalue weighted by Gasteiger charge is 2.20. The van der Waals surface area contributed by atoms with E-state index in [-0.39, 0.29) is 5.78 Å². The SMILES string of the molecule is CC(=O)c1ccc(C#N)c(NCCCN2CC(C)CC(C)C2)c1. The van der Waals surface area contributed by atoms with Gasteiger partial charge in [-0.2, -0.15) is 5.26 Å². The van der Waals surface area contributed by atoms with Gasteiger partial charge >= 0.3 is 0 Å². The molecule has 1 N–H and O–H groups in total. The van der Waals surface area contributed by atoms with E-state index in [9.17, 15) is 10.1 Å². The summed E-state index contributed by atoms with van der Waals surface area (Å²) in [6, 6.07) is 7.39. The molecule has 1 aliphatic rings. The van der Waals surface area contributed by atoms with Gasteiger partial charge in [-0.1, -0.05) is 13.8 Å². The molecule has 2 rings (SSSR count). The molecule has 1 aromatic rings. The Bertz CT molecular complexity index is 581. The van der Waals surface area contributed by atoms with Crippen LogP contribution >= 0.6 is 0 Å². The Labute approximate surface area is 139 Å². The smallest absolute Gasteiger partial charge is 0.159 e. The van der Waals surface area contributed by atoms with Crippen LogP contribution < -0.4 is 5.32 Å². The monoisotopic (exact) mass is 313 g/mol. The quantitative estimate of drug-likeness (QED) is 0.644. The molecule has 2 atom stereocenters. The predicted molar refractivity (Wildman–Crippen MR) is 93.7 cm³/mol. The summed E-state index contributed by atoms with van der Waals surface area (Å²) < 4.78 is 0. The van der Waals surface area contributed by atoms with Crippen molar-refractivity contribution in [1.29, 1.82) is 5.26 Å². The molecule has 4 nitrogen and oxygen atoms in total. The van der Waals surface area contributed by atoms with E-state index in [1.54, 1.807) is 25.1 Å². The second-order valence-electron chi connectivity index (χ2n) is 6.91. The number of Topliss-reactive ketones (excluding diaryl/α,β-unsaturated/α-hetero) is 1. The lowest BCUT2D eigenvalue weighted by Crippen LogP contribution is -2.39. The van der Waals surface area contributed by atoms with E-state index in [1.807, 2.05) is 0 Å². The van der Waals surface area contributed by atoms with Crippen LogP contribution in [-0.4, -0.2) is 36.9 Å². The molecule has 1 aliphatic heterocycles. The number of piperidine rings is 1. The van der Waals surface area contributed by atoms with Crippen LogP contribution in [0.25, 0.3) is 0 Å². The van der Waals surface area contributed by atoms with Gasteiger partial charge in [0.1, 0.15) is 6.07 Å². The molecule has 0 spiro atoms. The Morgan fingerprint density at radius 1 is 1.35 bits per heavy atom. The number of hydrogen-bond donors (Lipinski definition) is 1. The lowest BCUT2D eigenvalue weighted by atomic mass is 9.92. The maximum absolute atomic E-state index is 11.5. The fourth-order valence-corrected chi connectivity index (χ4v) is 3.51. The zero-order chi connectivity index (χ0) is 16.8. The van der Waals surface area contributed by atoms with Crippen LogP contribution in [0.2, 0.25) is 0 Å². The number of carbonyl (C=O) groups excluding carboxylic acids is 1. The molecule has 1 saturated heterocycles. The van der Waals surface area contributed by atoms with E-state index < -0.39 is 0 Å². The van der Waals surface area contributed by atoms with Crippen molar-refractivity contribution < 1.29 is 4.79 Å². The van der Waals surface area contributed by atoms with Crippen LogP contribution in [-0.2, 0) is 0 Å². The van der Waals surface area contributed by atoms with Crippen molar-refractivity contribution in [3.05, 3.63) is 29.3 Å². The third-order valence-electron chi connectivity index (χ3n) is 4.46. The number of benzene rings is 1. The van der Waals surface area contributed by atoms with Gasteiger partial charge in [0.15, 0.2) is 5.78 Å². The summed E-state index contributed by atoms with van der Waals surface area (Å²) in [6.45, 7) is 10.5. The summed E-state index contributed by atoms with van der Waals surface area (Å²) in [5.41, 5.74) is 2.00. The second kappa shape index (κ2) is 8.12. The maximum atomic E-state index is 11.5. The van der Waals surface area contributed by atoms with Crippen molar-refractivity contribution in [3.63, 3.8) is 0 Å². The summed E-state index contributed by atoms with van der Waals surface area (Å²) in [4.78, 5) is 14.0. The highest BCUT2D eigenvalue weighted by molar-refractivity contribution is 5.95. The van der Waals surface area contributed by atoms with Crippen molar-refractivity contribution in [2.24, 2.45) is 11.8 Å². The summed E-state index contributed by atoms with van der Waals surface area (Å²) in [6.07, 6.45) is 2.37. The fourth-order valence-electron chi connectivity index (χ4n) is 3.51. The first-order valence-electron chi connectivity index (χ1n) is 8.51. The zero-order valence-corrected chi connectivity index (χ0v) is 14.4. The van der Waals surface area contributed by atoms with Crippen molar-refractivity contribution >= 4 is 11.5 Å². The highest BCUT2D eigenvalue weighted by atomic mass is 16.1. The molecule has 23 heavy (non-hydrogen) atoms. The van der Waals surface area contributed by atoms with E-state index in [0.29, 0.717) is 11.1 Å². The molecule has 0 aliphatic carbocycles. The van der Waals surface area contributed by atoms with E-state index in [0.717, 1.165) is 37.0 Å². The third-order valence-corrected chi connectivity index (χ3v) is 4.46. The molecular weight excluding hydrogens is 286 g/mol. The Hall–Kier alpha value is -1.86. The molecule has 1 heterocycles. The summed E-state index contributed by atoms with van der Waals surface area (Å²) in [7, 11) is 0. The zero-order valence-electron chi connectivity index (χ0n) is 14.4. The van der Waals surface area contributed by atoms with Crippen molar-refractivity contribution in [2.45, 2.75) is 33.6 Å². The van der Waals surface area contributed by atoms with E-state index in [4.69, 9.17) is 0 Å². The van der Waals surface area contributed by atoms with Crippen molar-refractivity contribution in [2.75, 3.05) is 31.5 Å². The standard InChI is InChI=1S/C19H27N3O/c1-14-9-15(2)13-22(12-14)8-4-7-21-19-10-17(16(3)23)5-6-18(19)11-20/h5-6,10,14-15,21H,4,7-9,12-13H2,1-3H3. The van der Waals surface area contributed by atoms with Gasteiger partial charge in [-0.15, -0.1) is 0 Å². The van der Waals surface area contributed by atoms with E-state index in [2.05, 4.69) is 30.1 Å². The predicted octanol–water partition coefficient (Wildman–Crippen LogP) is 3.54. The largest absolute Gasteiger partial charge is 0.384 e. The van der Waals surface area contributed by atoms with Crippen LogP contribution in [0.1, 0.15) is 49.5 Å². The molecule has 0 aromatic heterocycles. The average Bonchev–Trinajstić information content (AvgIpc) is 2.50. The van der Waals surface area contributed by atoms with Gasteiger partial charge in [-0.3, -0.25) is 4.79 Å². The van der Waals surface area contributed by atoms with Crippen LogP contribution in [0.3, 0.4) is 0 Å². The number of rotatable bonds is 6. The molecule has 1 fully saturated rings. The van der Waals surface area contributed by atoms with Gasteiger partial charge in [0, 0.05) is 25.2 Å². The number of hydrogen-bond acceptors (Lipinski definition) is 4. The summed E-state index contributed by atoms with van der Waals surface area (Å²) >= 11 is 0. The van der Waals surface area contributed by atoms with Crippen molar-refractivity contribution in [1.82, 2.24) is 4.90 Å². The second-order valence-corrected chi connectivity index (χ2v) is 6.91. The Kier molecular flexibility index (Phi) is 6.18. The highest BCUT2D eigenvalue weighted by Crippen LogP contribution is 2.21. The van der Waals surface area contributed by atoms with Gasteiger partial charge in [-0.05, 0) is 56.3 Å². The van der Waals surface area contributed by atoms with Gasteiger partial charge in [0.2, 0.25) is 0 Å². The first kappa shape index (κ1) is 17.5. The fraction of sp³-hybridized carbons (Fsp3) is 0.579. The molecule has 4 heteroatoms. The Morgan fingerprint density at radius 3 is 2.65 bits per heavy atom. The normalized spacial score (nSPS) is 21.7. The number of ketones is 1. The third kappa shape index (κ3) is 5.07. The average molecular weight is 313 g/mol. The van der Waals surface area contributed by atoms with Crippen LogP contribution in [0.4, 0.5) is 5.69 Å². The number of nitrogens with one attached hydrogen (secondary N) is 1. The summed E-state index contributed by atoms with van der Waals surface area (Å²) in [5.74, 6) is 1.59. The first-order valence-corrected chi connectivity index (χ1v) is 8.51.